The highest BCUT2D eigenvalue weighted by molar-refractivity contribution is 6.12. The molecular formula is C11H19NSi. The van der Waals surface area contributed by atoms with Crippen molar-refractivity contribution in [2.24, 2.45) is 0 Å². The van der Waals surface area contributed by atoms with Gasteiger partial charge in [0.1, 0.15) is 0 Å². The molecule has 0 bridgehead atoms. The molecule has 0 spiro atoms. The molecule has 0 aliphatic rings. The third-order valence-corrected chi connectivity index (χ3v) is 4.04. The summed E-state index contributed by atoms with van der Waals surface area (Å²) in [5.41, 5.74) is 2.15. The van der Waals surface area contributed by atoms with Crippen LogP contribution in [-0.2, 0) is 0 Å². The molecule has 13 heavy (non-hydrogen) atoms. The van der Waals surface area contributed by atoms with Gasteiger partial charge in [-0.15, -0.1) is 0 Å². The van der Waals surface area contributed by atoms with Crippen LogP contribution in [0.25, 0.3) is 0 Å². The molecule has 0 aliphatic heterocycles. The highest BCUT2D eigenvalue weighted by Gasteiger charge is 2.10. The standard InChI is InChI=1S/C11H19NSi/c1-3-12(4-2)11(13)10-8-6-5-7-9-10/h5-9,11H,3-4H2,1-2,13H3. The minimum atomic E-state index is 0.677. The minimum absolute atomic E-state index is 0.677. The average molecular weight is 193 g/mol. The summed E-state index contributed by atoms with van der Waals surface area (Å²) < 4.78 is 0. The van der Waals surface area contributed by atoms with Crippen molar-refractivity contribution < 1.29 is 0 Å². The zero-order valence-electron chi connectivity index (χ0n) is 8.83. The fraction of sp³-hybridized carbons (Fsp3) is 0.455. The Morgan fingerprint density at radius 1 is 1.15 bits per heavy atom. The van der Waals surface area contributed by atoms with Crippen LogP contribution in [0.5, 0.6) is 0 Å². The molecule has 0 amide bonds. The van der Waals surface area contributed by atoms with Crippen LogP contribution in [0.4, 0.5) is 0 Å². The van der Waals surface area contributed by atoms with Crippen LogP contribution in [0, 0.1) is 0 Å². The Bertz CT molecular complexity index is 231. The van der Waals surface area contributed by atoms with Gasteiger partial charge in [-0.2, -0.15) is 0 Å². The van der Waals surface area contributed by atoms with Crippen LogP contribution >= 0.6 is 0 Å². The molecule has 1 atom stereocenters. The summed E-state index contributed by atoms with van der Waals surface area (Å²) in [4.78, 5) is 2.52. The van der Waals surface area contributed by atoms with Crippen LogP contribution in [0.3, 0.4) is 0 Å². The molecule has 0 saturated carbocycles. The predicted molar refractivity (Wildman–Crippen MR) is 62.0 cm³/mol. The summed E-state index contributed by atoms with van der Waals surface area (Å²) in [6, 6.07) is 10.8. The van der Waals surface area contributed by atoms with Gasteiger partial charge in [0.15, 0.2) is 0 Å². The number of benzene rings is 1. The second-order valence-corrected chi connectivity index (χ2v) is 4.40. The van der Waals surface area contributed by atoms with E-state index in [1.165, 1.54) is 15.8 Å². The molecule has 0 aromatic heterocycles. The molecule has 72 valence electrons. The fourth-order valence-electron chi connectivity index (χ4n) is 1.71. The van der Waals surface area contributed by atoms with Gasteiger partial charge < -0.3 is 4.90 Å². The van der Waals surface area contributed by atoms with Crippen molar-refractivity contribution in [3.05, 3.63) is 35.9 Å². The smallest absolute Gasteiger partial charge is 0.0301 e. The van der Waals surface area contributed by atoms with Gasteiger partial charge in [-0.3, -0.25) is 0 Å². The number of rotatable bonds is 4. The maximum atomic E-state index is 2.52. The van der Waals surface area contributed by atoms with E-state index in [1.54, 1.807) is 0 Å². The fourth-order valence-corrected chi connectivity index (χ4v) is 2.83. The van der Waals surface area contributed by atoms with E-state index in [4.69, 9.17) is 0 Å². The Balaban J connectivity index is 2.72. The Morgan fingerprint density at radius 2 is 1.69 bits per heavy atom. The van der Waals surface area contributed by atoms with Gasteiger partial charge in [0, 0.05) is 15.9 Å². The molecule has 1 nitrogen and oxygen atoms in total. The van der Waals surface area contributed by atoms with Crippen molar-refractivity contribution in [3.63, 3.8) is 0 Å². The first-order chi connectivity index (χ1) is 6.29. The molecule has 1 aromatic rings. The van der Waals surface area contributed by atoms with Gasteiger partial charge in [0.2, 0.25) is 0 Å². The van der Waals surface area contributed by atoms with E-state index < -0.39 is 0 Å². The summed E-state index contributed by atoms with van der Waals surface area (Å²) in [6.45, 7) is 6.77. The first-order valence-corrected chi connectivity index (χ1v) is 6.24. The maximum absolute atomic E-state index is 2.52. The van der Waals surface area contributed by atoms with Crippen molar-refractivity contribution in [1.29, 1.82) is 0 Å². The molecule has 0 radical (unpaired) electrons. The molecule has 0 N–H and O–H groups in total. The van der Waals surface area contributed by atoms with Crippen LogP contribution < -0.4 is 0 Å². The lowest BCUT2D eigenvalue weighted by molar-refractivity contribution is 0.282. The second kappa shape index (κ2) is 5.20. The first kappa shape index (κ1) is 10.5. The summed E-state index contributed by atoms with van der Waals surface area (Å²) in [5.74, 6) is 0. The molecular weight excluding hydrogens is 174 g/mol. The second-order valence-electron chi connectivity index (χ2n) is 3.31. The number of nitrogens with zero attached hydrogens (tertiary/aromatic N) is 1. The van der Waals surface area contributed by atoms with Crippen LogP contribution in [-0.4, -0.2) is 28.2 Å². The highest BCUT2D eigenvalue weighted by atomic mass is 28.1. The Hall–Kier alpha value is -0.603. The van der Waals surface area contributed by atoms with Gasteiger partial charge in [0.25, 0.3) is 0 Å². The highest BCUT2D eigenvalue weighted by Crippen LogP contribution is 2.15. The van der Waals surface area contributed by atoms with Crippen molar-refractivity contribution in [2.45, 2.75) is 19.5 Å². The van der Waals surface area contributed by atoms with Crippen LogP contribution in [0.15, 0.2) is 30.3 Å². The third-order valence-electron chi connectivity index (χ3n) is 2.64. The van der Waals surface area contributed by atoms with Crippen molar-refractivity contribution >= 4 is 10.2 Å². The van der Waals surface area contributed by atoms with Gasteiger partial charge in [-0.25, -0.2) is 0 Å². The van der Waals surface area contributed by atoms with E-state index >= 15 is 0 Å². The quantitative estimate of drug-likeness (QED) is 0.653. The Kier molecular flexibility index (Phi) is 4.19. The summed E-state index contributed by atoms with van der Waals surface area (Å²) >= 11 is 0. The van der Waals surface area contributed by atoms with E-state index in [2.05, 4.69) is 49.1 Å². The molecule has 1 rings (SSSR count). The van der Waals surface area contributed by atoms with E-state index in [-0.39, 0.29) is 0 Å². The average Bonchev–Trinajstić information content (AvgIpc) is 2.21. The van der Waals surface area contributed by atoms with Crippen molar-refractivity contribution in [1.82, 2.24) is 4.90 Å². The van der Waals surface area contributed by atoms with Crippen LogP contribution in [0.1, 0.15) is 25.1 Å². The third kappa shape index (κ3) is 2.67. The molecule has 1 aromatic carbocycles. The van der Waals surface area contributed by atoms with E-state index in [0.717, 1.165) is 13.1 Å². The maximum Gasteiger partial charge on any atom is 0.0301 e. The topological polar surface area (TPSA) is 3.24 Å². The van der Waals surface area contributed by atoms with Gasteiger partial charge in [-0.1, -0.05) is 44.2 Å². The predicted octanol–water partition coefficient (Wildman–Crippen LogP) is 1.39. The van der Waals surface area contributed by atoms with Crippen molar-refractivity contribution in [2.75, 3.05) is 13.1 Å². The molecule has 0 fully saturated rings. The Morgan fingerprint density at radius 3 is 2.15 bits per heavy atom. The lowest BCUT2D eigenvalue weighted by Crippen LogP contribution is -2.28. The number of hydrogen-bond acceptors (Lipinski definition) is 1. The normalized spacial score (nSPS) is 13.5. The number of hydrogen-bond donors (Lipinski definition) is 0. The first-order valence-electron chi connectivity index (χ1n) is 5.08. The van der Waals surface area contributed by atoms with Crippen molar-refractivity contribution in [3.8, 4) is 0 Å². The largest absolute Gasteiger partial charge is 0.301 e. The lowest BCUT2D eigenvalue weighted by atomic mass is 10.2. The van der Waals surface area contributed by atoms with E-state index in [1.807, 2.05) is 0 Å². The summed E-state index contributed by atoms with van der Waals surface area (Å²) in [7, 11) is 1.21. The van der Waals surface area contributed by atoms with Gasteiger partial charge >= 0.3 is 0 Å². The molecule has 0 heterocycles. The van der Waals surface area contributed by atoms with Gasteiger partial charge in [-0.05, 0) is 18.7 Å². The van der Waals surface area contributed by atoms with Gasteiger partial charge in [0.05, 0.1) is 0 Å². The summed E-state index contributed by atoms with van der Waals surface area (Å²) in [6.07, 6.45) is 0. The summed E-state index contributed by atoms with van der Waals surface area (Å²) in [5, 5.41) is 0. The van der Waals surface area contributed by atoms with E-state index in [9.17, 15) is 0 Å². The minimum Gasteiger partial charge on any atom is -0.301 e. The van der Waals surface area contributed by atoms with E-state index in [0.29, 0.717) is 5.67 Å². The zero-order chi connectivity index (χ0) is 9.68. The molecule has 0 saturated heterocycles. The molecule has 1 unspecified atom stereocenters. The molecule has 2 heteroatoms. The molecule has 0 aliphatic carbocycles. The lowest BCUT2D eigenvalue weighted by Gasteiger charge is -2.26. The SMILES string of the molecule is CCN(CC)C([SiH3])c1ccccc1. The van der Waals surface area contributed by atoms with Crippen LogP contribution in [0.2, 0.25) is 0 Å². The zero-order valence-corrected chi connectivity index (χ0v) is 10.8. The Labute approximate surface area is 84.2 Å². The monoisotopic (exact) mass is 193 g/mol.